The number of hydrogen-bond donors (Lipinski definition) is 1. The lowest BCUT2D eigenvalue weighted by Gasteiger charge is -2.43. The Bertz CT molecular complexity index is 1600. The second-order valence-electron chi connectivity index (χ2n) is 12.1. The molecule has 2 aromatic carbocycles. The molecule has 0 amide bonds. The van der Waals surface area contributed by atoms with Gasteiger partial charge in [0.25, 0.3) is 13.9 Å². The minimum absolute atomic E-state index is 0.162. The van der Waals surface area contributed by atoms with Gasteiger partial charge in [-0.2, -0.15) is 4.98 Å². The molecule has 0 aliphatic carbocycles. The van der Waals surface area contributed by atoms with Crippen LogP contribution in [-0.2, 0) is 13.9 Å². The summed E-state index contributed by atoms with van der Waals surface area (Å²) in [5, 5.41) is 2.79. The Morgan fingerprint density at radius 2 is 1.80 bits per heavy atom. The van der Waals surface area contributed by atoms with Crippen LogP contribution in [-0.4, -0.2) is 79.2 Å². The third-order valence-electron chi connectivity index (χ3n) is 7.81. The molecule has 4 aromatic rings. The van der Waals surface area contributed by atoms with E-state index in [-0.39, 0.29) is 35.0 Å². The van der Waals surface area contributed by atoms with Crippen LogP contribution < -0.4 is 15.9 Å². The van der Waals surface area contributed by atoms with Crippen molar-refractivity contribution in [2.24, 2.45) is 4.99 Å². The first kappa shape index (κ1) is 32.9. The summed E-state index contributed by atoms with van der Waals surface area (Å²) in [7, 11) is 0.947. The highest BCUT2D eigenvalue weighted by atomic mass is 127. The first-order chi connectivity index (χ1) is 21.0. The molecule has 0 spiro atoms. The Labute approximate surface area is 277 Å². The number of H-pyrrole nitrogens is 1. The molecule has 5 rings (SSSR count). The average molecular weight is 746 g/mol. The monoisotopic (exact) mass is 745 g/mol. The van der Waals surface area contributed by atoms with Gasteiger partial charge in [0, 0.05) is 30.3 Å². The number of nitrogens with one attached hydrogen (secondary N) is 1. The molecule has 0 radical (unpaired) electrons. The summed E-state index contributed by atoms with van der Waals surface area (Å²) in [6, 6.07) is 21.2. The maximum atomic E-state index is 13.1. The Hall–Kier alpha value is -2.49. The zero-order valence-corrected chi connectivity index (χ0v) is 30.0. The Morgan fingerprint density at radius 1 is 1.16 bits per heavy atom. The number of aromatic nitrogens is 3. The lowest BCUT2D eigenvalue weighted by molar-refractivity contribution is -0.0500. The molecule has 1 N–H and O–H groups in total. The first-order valence-electron chi connectivity index (χ1n) is 14.6. The second-order valence-corrected chi connectivity index (χ2v) is 18.4. The lowest BCUT2D eigenvalue weighted by atomic mass is 10.2. The van der Waals surface area contributed by atoms with Gasteiger partial charge in [-0.05, 0) is 44.3 Å². The predicted octanol–water partition coefficient (Wildman–Crippen LogP) is 5.12. The summed E-state index contributed by atoms with van der Waals surface area (Å²) < 4.78 is 23.1. The second kappa shape index (κ2) is 13.9. The molecule has 9 nitrogen and oxygen atoms in total. The molecule has 1 saturated heterocycles. The van der Waals surface area contributed by atoms with Crippen LogP contribution in [0.2, 0.25) is 5.04 Å². The van der Waals surface area contributed by atoms with Gasteiger partial charge in [-0.1, -0.05) is 81.4 Å². The molecule has 234 valence electrons. The Morgan fingerprint density at radius 3 is 2.36 bits per heavy atom. The molecule has 0 saturated carbocycles. The number of nitrogens with zero attached hydrogens (tertiary/aromatic N) is 4. The average Bonchev–Trinajstić information content (AvgIpc) is 3.56. The van der Waals surface area contributed by atoms with E-state index in [1.807, 2.05) is 43.2 Å². The number of aliphatic imine (C=N–C) groups is 1. The zero-order chi connectivity index (χ0) is 31.5. The van der Waals surface area contributed by atoms with Gasteiger partial charge in [0.1, 0.15) is 12.3 Å². The Kier molecular flexibility index (Phi) is 10.4. The number of thioether (sulfide) groups is 1. The van der Waals surface area contributed by atoms with Gasteiger partial charge in [0.15, 0.2) is 5.65 Å². The van der Waals surface area contributed by atoms with E-state index < -0.39 is 8.32 Å². The lowest BCUT2D eigenvalue weighted by Crippen LogP contribution is -2.67. The number of halogens is 1. The molecular formula is C32H40IN5O4SSi. The number of hydrogen-bond acceptors (Lipinski definition) is 7. The Balaban J connectivity index is 1.51. The van der Waals surface area contributed by atoms with E-state index in [1.165, 1.54) is 10.4 Å². The van der Waals surface area contributed by atoms with Gasteiger partial charge in [0.2, 0.25) is 5.95 Å². The molecule has 44 heavy (non-hydrogen) atoms. The summed E-state index contributed by atoms with van der Waals surface area (Å²) in [5.74, 6) is 0.786. The van der Waals surface area contributed by atoms with Crippen molar-refractivity contribution in [1.29, 1.82) is 0 Å². The summed E-state index contributed by atoms with van der Waals surface area (Å²) in [4.78, 5) is 26.7. The van der Waals surface area contributed by atoms with E-state index in [0.717, 1.165) is 3.57 Å². The molecule has 1 aliphatic rings. The van der Waals surface area contributed by atoms with Crippen molar-refractivity contribution in [3.8, 4) is 0 Å². The van der Waals surface area contributed by atoms with Gasteiger partial charge in [-0.15, -0.1) is 11.8 Å². The SMILES string of the molecule is CSCOC1C[C@H](n2cc(I)c3c(=O)[nH]c(/N=C\N(C)C)nc32)O[C@@H]1CO[Si](c1ccccc1)(c1ccccc1)C(C)(C)C. The van der Waals surface area contributed by atoms with Crippen LogP contribution in [0, 0.1) is 3.57 Å². The minimum atomic E-state index is -2.78. The highest BCUT2D eigenvalue weighted by molar-refractivity contribution is 14.1. The maximum absolute atomic E-state index is 13.1. The van der Waals surface area contributed by atoms with E-state index in [0.29, 0.717) is 30.0 Å². The third-order valence-corrected chi connectivity index (χ3v) is 14.0. The van der Waals surface area contributed by atoms with Crippen LogP contribution in [0.5, 0.6) is 0 Å². The molecule has 1 fully saturated rings. The van der Waals surface area contributed by atoms with Gasteiger partial charge < -0.3 is 23.4 Å². The fourth-order valence-electron chi connectivity index (χ4n) is 5.87. The predicted molar refractivity (Wildman–Crippen MR) is 190 cm³/mol. The van der Waals surface area contributed by atoms with Gasteiger partial charge >= 0.3 is 0 Å². The van der Waals surface area contributed by atoms with E-state index in [1.54, 1.807) is 23.0 Å². The van der Waals surface area contributed by atoms with E-state index >= 15 is 0 Å². The van der Waals surface area contributed by atoms with E-state index in [2.05, 4.69) is 102 Å². The van der Waals surface area contributed by atoms with Crippen molar-refractivity contribution < 1.29 is 13.9 Å². The van der Waals surface area contributed by atoms with Crippen LogP contribution in [0.3, 0.4) is 0 Å². The van der Waals surface area contributed by atoms with Crippen LogP contribution >= 0.6 is 34.4 Å². The van der Waals surface area contributed by atoms with Crippen molar-refractivity contribution >= 4 is 76.4 Å². The summed E-state index contributed by atoms with van der Waals surface area (Å²) in [6.07, 6.45) is 5.24. The molecule has 1 unspecified atom stereocenters. The number of aromatic amines is 1. The highest BCUT2D eigenvalue weighted by Crippen LogP contribution is 2.39. The van der Waals surface area contributed by atoms with Crippen LogP contribution in [0.4, 0.5) is 5.95 Å². The molecule has 12 heteroatoms. The normalized spacial score (nSPS) is 19.3. The van der Waals surface area contributed by atoms with Crippen molar-refractivity contribution in [3.05, 3.63) is 80.8 Å². The molecule has 1 aliphatic heterocycles. The van der Waals surface area contributed by atoms with E-state index in [9.17, 15) is 4.79 Å². The largest absolute Gasteiger partial charge is 0.405 e. The van der Waals surface area contributed by atoms with Gasteiger partial charge in [-0.3, -0.25) is 9.78 Å². The fraction of sp³-hybridized carbons (Fsp3) is 0.406. The standard InChI is InChI=1S/C32H40IN5O4SSi/c1-32(2,3)44(22-13-9-7-10-14-22,23-15-11-8-12-16-23)41-19-26-25(40-21-43-6)17-27(42-26)38-18-24(33)28-29(38)35-31(36-30(28)39)34-20-37(4)5/h7-16,18,20,25-27H,17,19,21H2,1-6H3,(H,35,36,39)/b34-20-/t25?,26-,27-/m1/s1. The molecule has 2 aromatic heterocycles. The summed E-state index contributed by atoms with van der Waals surface area (Å²) in [6.45, 7) is 7.18. The fourth-order valence-corrected chi connectivity index (χ4v) is 11.5. The smallest absolute Gasteiger partial charge is 0.262 e. The first-order valence-corrected chi connectivity index (χ1v) is 18.9. The van der Waals surface area contributed by atoms with Gasteiger partial charge in [-0.25, -0.2) is 4.99 Å². The molecule has 3 atom stereocenters. The van der Waals surface area contributed by atoms with Gasteiger partial charge in [0.05, 0.1) is 30.4 Å². The summed E-state index contributed by atoms with van der Waals surface area (Å²) >= 11 is 3.81. The van der Waals surface area contributed by atoms with Crippen molar-refractivity contribution in [2.75, 3.05) is 32.9 Å². The van der Waals surface area contributed by atoms with E-state index in [4.69, 9.17) is 18.9 Å². The van der Waals surface area contributed by atoms with Crippen LogP contribution in [0.25, 0.3) is 11.0 Å². The maximum Gasteiger partial charge on any atom is 0.262 e. The number of rotatable bonds is 11. The number of benzene rings is 2. The topological polar surface area (TPSA) is 94.0 Å². The van der Waals surface area contributed by atoms with Crippen molar-refractivity contribution in [2.45, 2.75) is 50.7 Å². The van der Waals surface area contributed by atoms with Crippen LogP contribution in [0.15, 0.2) is 76.6 Å². The van der Waals surface area contributed by atoms with Crippen molar-refractivity contribution in [1.82, 2.24) is 19.4 Å². The van der Waals surface area contributed by atoms with Crippen LogP contribution in [0.1, 0.15) is 33.4 Å². The van der Waals surface area contributed by atoms with Crippen molar-refractivity contribution in [3.63, 3.8) is 0 Å². The highest BCUT2D eigenvalue weighted by Gasteiger charge is 2.51. The zero-order valence-electron chi connectivity index (χ0n) is 26.0. The number of fused-ring (bicyclic) bond motifs is 1. The molecular weight excluding hydrogens is 705 g/mol. The molecule has 3 heterocycles. The summed E-state index contributed by atoms with van der Waals surface area (Å²) in [5.41, 5.74) is 0.301. The molecule has 0 bridgehead atoms. The number of ether oxygens (including phenoxy) is 2. The quantitative estimate of drug-likeness (QED) is 0.0750. The third kappa shape index (κ3) is 6.70. The minimum Gasteiger partial charge on any atom is -0.405 e.